The number of carbonyl (C=O) groups is 3. The van der Waals surface area contributed by atoms with Crippen LogP contribution in [0.5, 0.6) is 0 Å². The molecule has 1 aliphatic heterocycles. The zero-order valence-corrected chi connectivity index (χ0v) is 13.5. The molecular weight excluding hydrogens is 306 g/mol. The molecule has 1 saturated carbocycles. The minimum absolute atomic E-state index is 0.161. The quantitative estimate of drug-likeness (QED) is 0.608. The van der Waals surface area contributed by atoms with E-state index in [-0.39, 0.29) is 47.9 Å². The summed E-state index contributed by atoms with van der Waals surface area (Å²) in [7, 11) is 1.68. The first-order valence-corrected chi connectivity index (χ1v) is 8.22. The van der Waals surface area contributed by atoms with Crippen molar-refractivity contribution in [3.8, 4) is 0 Å². The van der Waals surface area contributed by atoms with Crippen LogP contribution in [0.3, 0.4) is 0 Å². The Bertz CT molecular complexity index is 700. The number of allylic oxidation sites excluding steroid dienone is 2. The van der Waals surface area contributed by atoms with E-state index in [2.05, 4.69) is 17.1 Å². The van der Waals surface area contributed by atoms with Crippen molar-refractivity contribution >= 4 is 17.7 Å². The molecule has 0 N–H and O–H groups in total. The largest absolute Gasteiger partial charge is 0.340 e. The van der Waals surface area contributed by atoms with Gasteiger partial charge < -0.3 is 4.90 Å². The number of imide groups is 1. The van der Waals surface area contributed by atoms with Gasteiger partial charge in [-0.05, 0) is 36.0 Å². The first kappa shape index (κ1) is 15.1. The van der Waals surface area contributed by atoms with E-state index in [9.17, 15) is 14.4 Å². The number of hydrogen-bond donors (Lipinski definition) is 0. The zero-order valence-electron chi connectivity index (χ0n) is 13.5. The van der Waals surface area contributed by atoms with E-state index in [1.165, 1.54) is 9.80 Å². The van der Waals surface area contributed by atoms with Crippen molar-refractivity contribution < 1.29 is 14.4 Å². The lowest BCUT2D eigenvalue weighted by Gasteiger charge is -2.22. The fourth-order valence-electron chi connectivity index (χ4n) is 4.23. The monoisotopic (exact) mass is 325 g/mol. The predicted molar refractivity (Wildman–Crippen MR) is 85.1 cm³/mol. The molecule has 24 heavy (non-hydrogen) atoms. The number of rotatable bonds is 4. The lowest BCUT2D eigenvalue weighted by atomic mass is 9.85. The third-order valence-electron chi connectivity index (χ3n) is 5.45. The van der Waals surface area contributed by atoms with E-state index in [1.54, 1.807) is 19.4 Å². The molecule has 2 bridgehead atoms. The molecular formula is C18H19N3O3. The maximum atomic E-state index is 12.6. The van der Waals surface area contributed by atoms with Gasteiger partial charge in [0.25, 0.3) is 0 Å². The highest BCUT2D eigenvalue weighted by Gasteiger charge is 2.59. The lowest BCUT2D eigenvalue weighted by molar-refractivity contribution is -0.146. The number of pyridine rings is 1. The molecule has 2 heterocycles. The topological polar surface area (TPSA) is 70.6 Å². The van der Waals surface area contributed by atoms with Crippen molar-refractivity contribution in [2.45, 2.75) is 13.0 Å². The van der Waals surface area contributed by atoms with Gasteiger partial charge in [-0.3, -0.25) is 24.3 Å². The number of hydrogen-bond acceptors (Lipinski definition) is 4. The summed E-state index contributed by atoms with van der Waals surface area (Å²) >= 11 is 0. The van der Waals surface area contributed by atoms with Crippen LogP contribution in [-0.2, 0) is 20.9 Å². The number of likely N-dealkylation sites (tertiary alicyclic amines) is 1. The van der Waals surface area contributed by atoms with E-state index >= 15 is 0 Å². The van der Waals surface area contributed by atoms with Crippen LogP contribution in [0.15, 0.2) is 36.7 Å². The molecule has 124 valence electrons. The Morgan fingerprint density at radius 2 is 1.75 bits per heavy atom. The Hall–Kier alpha value is -2.50. The highest BCUT2D eigenvalue weighted by Crippen LogP contribution is 2.52. The van der Waals surface area contributed by atoms with Crippen molar-refractivity contribution in [1.82, 2.24) is 14.8 Å². The summed E-state index contributed by atoms with van der Waals surface area (Å²) in [5, 5.41) is 0. The Balaban J connectivity index is 1.43. The standard InChI is InChI=1S/C18H19N3O3/c1-20(9-11-4-6-19-7-5-11)14(22)10-21-17(23)15-12-2-3-13(8-12)16(15)18(21)24/h2-7,12-13,15-16H,8-10H2,1H3/t12-,13-,15-,16-/m0/s1. The van der Waals surface area contributed by atoms with E-state index in [4.69, 9.17) is 0 Å². The number of likely N-dealkylation sites (N-methyl/N-ethyl adjacent to an activating group) is 1. The van der Waals surface area contributed by atoms with Crippen molar-refractivity contribution in [2.75, 3.05) is 13.6 Å². The molecule has 0 aromatic carbocycles. The van der Waals surface area contributed by atoms with E-state index < -0.39 is 0 Å². The molecule has 2 aliphatic carbocycles. The molecule has 1 aromatic rings. The van der Waals surface area contributed by atoms with Crippen LogP contribution >= 0.6 is 0 Å². The third-order valence-corrected chi connectivity index (χ3v) is 5.45. The Morgan fingerprint density at radius 1 is 1.17 bits per heavy atom. The molecule has 1 saturated heterocycles. The van der Waals surface area contributed by atoms with Crippen LogP contribution in [0.25, 0.3) is 0 Å². The number of amides is 3. The smallest absolute Gasteiger partial charge is 0.242 e. The Kier molecular flexibility index (Phi) is 3.48. The molecule has 6 nitrogen and oxygen atoms in total. The minimum atomic E-state index is -0.245. The normalized spacial score (nSPS) is 30.1. The van der Waals surface area contributed by atoms with Crippen LogP contribution in [0.1, 0.15) is 12.0 Å². The van der Waals surface area contributed by atoms with Gasteiger partial charge in [0, 0.05) is 26.0 Å². The maximum absolute atomic E-state index is 12.6. The predicted octanol–water partition coefficient (Wildman–Crippen LogP) is 0.847. The lowest BCUT2D eigenvalue weighted by Crippen LogP contribution is -2.42. The SMILES string of the molecule is CN(Cc1ccncc1)C(=O)CN1C(=O)[C@@H]2[C@@H](C1=O)[C@H]1C=C[C@H]2C1. The first-order valence-electron chi connectivity index (χ1n) is 8.22. The van der Waals surface area contributed by atoms with Gasteiger partial charge in [-0.2, -0.15) is 0 Å². The summed E-state index contributed by atoms with van der Waals surface area (Å²) in [6.07, 6.45) is 8.35. The second kappa shape index (κ2) is 5.54. The average Bonchev–Trinajstić information content (AvgIpc) is 3.25. The van der Waals surface area contributed by atoms with Gasteiger partial charge in [-0.1, -0.05) is 12.2 Å². The zero-order chi connectivity index (χ0) is 16.8. The van der Waals surface area contributed by atoms with Gasteiger partial charge in [0.05, 0.1) is 11.8 Å². The molecule has 0 radical (unpaired) electrons. The Morgan fingerprint density at radius 3 is 2.33 bits per heavy atom. The molecule has 1 aromatic heterocycles. The molecule has 3 aliphatic rings. The van der Waals surface area contributed by atoms with Crippen LogP contribution in [0.4, 0.5) is 0 Å². The van der Waals surface area contributed by atoms with Gasteiger partial charge in [0.2, 0.25) is 17.7 Å². The minimum Gasteiger partial charge on any atom is -0.340 e. The summed E-state index contributed by atoms with van der Waals surface area (Å²) in [5.41, 5.74) is 0.957. The van der Waals surface area contributed by atoms with Gasteiger partial charge in [0.15, 0.2) is 0 Å². The maximum Gasteiger partial charge on any atom is 0.242 e. The van der Waals surface area contributed by atoms with Gasteiger partial charge in [-0.15, -0.1) is 0 Å². The van der Waals surface area contributed by atoms with E-state index in [0.717, 1.165) is 12.0 Å². The number of carbonyl (C=O) groups excluding carboxylic acids is 3. The van der Waals surface area contributed by atoms with Crippen molar-refractivity contribution in [3.05, 3.63) is 42.2 Å². The highest BCUT2D eigenvalue weighted by atomic mass is 16.2. The summed E-state index contributed by atoms with van der Waals surface area (Å²) < 4.78 is 0. The summed E-state index contributed by atoms with van der Waals surface area (Å²) in [4.78, 5) is 44.3. The number of fused-ring (bicyclic) bond motifs is 5. The van der Waals surface area contributed by atoms with Crippen LogP contribution in [0.2, 0.25) is 0 Å². The fourth-order valence-corrected chi connectivity index (χ4v) is 4.23. The molecule has 3 amide bonds. The highest BCUT2D eigenvalue weighted by molar-refractivity contribution is 6.08. The molecule has 4 atom stereocenters. The van der Waals surface area contributed by atoms with Gasteiger partial charge >= 0.3 is 0 Å². The first-order chi connectivity index (χ1) is 11.6. The van der Waals surface area contributed by atoms with Crippen LogP contribution in [-0.4, -0.2) is 46.1 Å². The van der Waals surface area contributed by atoms with Gasteiger partial charge in [0.1, 0.15) is 6.54 Å². The van der Waals surface area contributed by atoms with E-state index in [1.807, 2.05) is 12.1 Å². The summed E-state index contributed by atoms with van der Waals surface area (Å²) in [5.74, 6) is -0.720. The van der Waals surface area contributed by atoms with Crippen molar-refractivity contribution in [1.29, 1.82) is 0 Å². The van der Waals surface area contributed by atoms with Crippen molar-refractivity contribution in [3.63, 3.8) is 0 Å². The van der Waals surface area contributed by atoms with E-state index in [0.29, 0.717) is 6.54 Å². The third kappa shape index (κ3) is 2.25. The molecule has 4 rings (SSSR count). The average molecular weight is 325 g/mol. The number of aromatic nitrogens is 1. The molecule has 6 heteroatoms. The second-order valence-electron chi connectivity index (χ2n) is 6.87. The van der Waals surface area contributed by atoms with Crippen molar-refractivity contribution in [2.24, 2.45) is 23.7 Å². The fraction of sp³-hybridized carbons (Fsp3) is 0.444. The summed E-state index contributed by atoms with van der Waals surface area (Å²) in [6, 6.07) is 3.67. The molecule has 0 spiro atoms. The second-order valence-corrected chi connectivity index (χ2v) is 6.87. The summed E-state index contributed by atoms with van der Waals surface area (Å²) in [6.45, 7) is 0.267. The van der Waals surface area contributed by atoms with Crippen LogP contribution < -0.4 is 0 Å². The molecule has 0 unspecified atom stereocenters. The van der Waals surface area contributed by atoms with Gasteiger partial charge in [-0.25, -0.2) is 0 Å². The van der Waals surface area contributed by atoms with Crippen LogP contribution in [0, 0.1) is 23.7 Å². The molecule has 2 fully saturated rings. The number of nitrogens with zero attached hydrogens (tertiary/aromatic N) is 3. The Labute approximate surface area is 140 Å².